The van der Waals surface area contributed by atoms with Gasteiger partial charge in [0, 0.05) is 25.5 Å². The minimum absolute atomic E-state index is 0.128. The maximum Gasteiger partial charge on any atom is 0.326 e. The molecule has 2 heterocycles. The predicted octanol–water partition coefficient (Wildman–Crippen LogP) is 4.20. The van der Waals surface area contributed by atoms with Crippen molar-refractivity contribution >= 4 is 34.3 Å². The lowest BCUT2D eigenvalue weighted by Gasteiger charge is -2.27. The number of imidazole rings is 1. The van der Waals surface area contributed by atoms with Gasteiger partial charge >= 0.3 is 6.03 Å². The Morgan fingerprint density at radius 1 is 0.912 bits per heavy atom. The number of nitrogens with one attached hydrogen (secondary N) is 2. The monoisotopic (exact) mass is 455 g/mol. The van der Waals surface area contributed by atoms with Crippen LogP contribution >= 0.6 is 0 Å². The molecule has 0 saturated carbocycles. The highest BCUT2D eigenvalue weighted by Crippen LogP contribution is 2.21. The van der Waals surface area contributed by atoms with Crippen LogP contribution in [0, 0.1) is 0 Å². The third kappa shape index (κ3) is 4.62. The number of carbonyl (C=O) groups is 2. The Balaban J connectivity index is 1.30. The van der Waals surface area contributed by atoms with E-state index in [-0.39, 0.29) is 5.91 Å². The molecule has 3 aromatic carbocycles. The zero-order valence-electron chi connectivity index (χ0n) is 18.6. The lowest BCUT2D eigenvalue weighted by molar-refractivity contribution is 0.0303. The van der Waals surface area contributed by atoms with Crippen molar-refractivity contribution in [2.24, 2.45) is 0 Å². The molecule has 1 fully saturated rings. The van der Waals surface area contributed by atoms with E-state index in [4.69, 9.17) is 4.74 Å². The summed E-state index contributed by atoms with van der Waals surface area (Å²) in [5.74, 6) is 0.291. The molecular weight excluding hydrogens is 430 g/mol. The van der Waals surface area contributed by atoms with E-state index in [1.807, 2.05) is 29.0 Å². The summed E-state index contributed by atoms with van der Waals surface area (Å²) in [6, 6.07) is 20.9. The fraction of sp³-hybridized carbons (Fsp3) is 0.192. The van der Waals surface area contributed by atoms with E-state index >= 15 is 0 Å². The van der Waals surface area contributed by atoms with Crippen molar-refractivity contribution in [3.8, 4) is 0 Å². The van der Waals surface area contributed by atoms with E-state index in [0.29, 0.717) is 50.0 Å². The Labute approximate surface area is 197 Å². The Kier molecular flexibility index (Phi) is 6.22. The van der Waals surface area contributed by atoms with Crippen molar-refractivity contribution in [3.63, 3.8) is 0 Å². The van der Waals surface area contributed by atoms with Crippen LogP contribution in [0.4, 0.5) is 16.4 Å². The van der Waals surface area contributed by atoms with Gasteiger partial charge in [0.25, 0.3) is 5.91 Å². The summed E-state index contributed by atoms with van der Waals surface area (Å²) < 4.78 is 7.21. The van der Waals surface area contributed by atoms with Gasteiger partial charge in [-0.1, -0.05) is 54.6 Å². The molecule has 0 unspecified atom stereocenters. The van der Waals surface area contributed by atoms with Gasteiger partial charge in [-0.15, -0.1) is 0 Å². The number of aromatic nitrogens is 2. The summed E-state index contributed by atoms with van der Waals surface area (Å²) in [7, 11) is 0. The normalized spacial score (nSPS) is 13.6. The lowest BCUT2D eigenvalue weighted by Crippen LogP contribution is -2.41. The van der Waals surface area contributed by atoms with E-state index in [1.165, 1.54) is 0 Å². The molecule has 3 amide bonds. The number of nitrogens with zero attached hydrogens (tertiary/aromatic N) is 3. The highest BCUT2D eigenvalue weighted by Gasteiger charge is 2.21. The molecule has 1 aliphatic heterocycles. The van der Waals surface area contributed by atoms with Crippen LogP contribution in [0.3, 0.4) is 0 Å². The fourth-order valence-corrected chi connectivity index (χ4v) is 4.15. The lowest BCUT2D eigenvalue weighted by atomic mass is 10.0. The number of carbonyl (C=O) groups excluding carboxylic acids is 2. The SMILES string of the molecule is O=C(Nc1ccccc1C(=O)N1CCOCC1)Nc1nccn1Cc1cccc2ccccc12. The molecule has 4 aromatic rings. The second-order valence-corrected chi connectivity index (χ2v) is 8.05. The second-order valence-electron chi connectivity index (χ2n) is 8.05. The molecule has 5 rings (SSSR count). The van der Waals surface area contributed by atoms with Gasteiger partial charge in [-0.3, -0.25) is 10.1 Å². The maximum absolute atomic E-state index is 13.0. The Morgan fingerprint density at radius 2 is 1.68 bits per heavy atom. The van der Waals surface area contributed by atoms with Gasteiger partial charge < -0.3 is 19.5 Å². The molecule has 1 aliphatic rings. The van der Waals surface area contributed by atoms with E-state index in [0.717, 1.165) is 16.3 Å². The van der Waals surface area contributed by atoms with Crippen LogP contribution in [0.25, 0.3) is 10.8 Å². The third-order valence-corrected chi connectivity index (χ3v) is 5.87. The van der Waals surface area contributed by atoms with Gasteiger partial charge in [0.1, 0.15) is 0 Å². The third-order valence-electron chi connectivity index (χ3n) is 5.87. The van der Waals surface area contributed by atoms with Crippen molar-refractivity contribution in [1.29, 1.82) is 0 Å². The molecule has 8 nitrogen and oxygen atoms in total. The summed E-state index contributed by atoms with van der Waals surface area (Å²) >= 11 is 0. The quantitative estimate of drug-likeness (QED) is 0.472. The first-order valence-electron chi connectivity index (χ1n) is 11.2. The molecule has 172 valence electrons. The molecule has 0 spiro atoms. The van der Waals surface area contributed by atoms with Gasteiger partial charge in [0.2, 0.25) is 5.95 Å². The number of hydrogen-bond acceptors (Lipinski definition) is 4. The summed E-state index contributed by atoms with van der Waals surface area (Å²) in [5, 5.41) is 7.94. The maximum atomic E-state index is 13.0. The molecule has 1 saturated heterocycles. The van der Waals surface area contributed by atoms with E-state index in [9.17, 15) is 9.59 Å². The summed E-state index contributed by atoms with van der Waals surface area (Å²) in [6.45, 7) is 2.65. The number of benzene rings is 3. The zero-order valence-corrected chi connectivity index (χ0v) is 18.6. The Morgan fingerprint density at radius 3 is 2.56 bits per heavy atom. The molecule has 1 aromatic heterocycles. The van der Waals surface area contributed by atoms with Crippen LogP contribution < -0.4 is 10.6 Å². The van der Waals surface area contributed by atoms with Crippen molar-refractivity contribution < 1.29 is 14.3 Å². The molecule has 8 heteroatoms. The molecular formula is C26H25N5O3. The minimum Gasteiger partial charge on any atom is -0.378 e. The number of fused-ring (bicyclic) bond motifs is 1. The average molecular weight is 456 g/mol. The minimum atomic E-state index is -0.465. The number of para-hydroxylation sites is 1. The summed E-state index contributed by atoms with van der Waals surface area (Å²) in [5.41, 5.74) is 2.02. The number of hydrogen-bond donors (Lipinski definition) is 2. The van der Waals surface area contributed by atoms with Crippen molar-refractivity contribution in [2.75, 3.05) is 36.9 Å². The highest BCUT2D eigenvalue weighted by atomic mass is 16.5. The first kappa shape index (κ1) is 21.7. The largest absolute Gasteiger partial charge is 0.378 e. The van der Waals surface area contributed by atoms with Crippen LogP contribution in [-0.4, -0.2) is 52.7 Å². The fourth-order valence-electron chi connectivity index (χ4n) is 4.15. The first-order valence-corrected chi connectivity index (χ1v) is 11.2. The molecule has 0 aliphatic carbocycles. The van der Waals surface area contributed by atoms with Crippen LogP contribution in [0.2, 0.25) is 0 Å². The van der Waals surface area contributed by atoms with Gasteiger partial charge in [-0.2, -0.15) is 0 Å². The number of amides is 3. The zero-order chi connectivity index (χ0) is 23.3. The van der Waals surface area contributed by atoms with Crippen LogP contribution in [0.5, 0.6) is 0 Å². The number of ether oxygens (including phenoxy) is 1. The smallest absolute Gasteiger partial charge is 0.326 e. The molecule has 0 atom stereocenters. The van der Waals surface area contributed by atoms with Gasteiger partial charge in [0.15, 0.2) is 0 Å². The van der Waals surface area contributed by atoms with Crippen LogP contribution in [0.15, 0.2) is 79.1 Å². The van der Waals surface area contributed by atoms with E-state index < -0.39 is 6.03 Å². The van der Waals surface area contributed by atoms with E-state index in [2.05, 4.69) is 39.9 Å². The number of urea groups is 1. The molecule has 0 bridgehead atoms. The predicted molar refractivity (Wildman–Crippen MR) is 131 cm³/mol. The summed E-state index contributed by atoms with van der Waals surface area (Å²) in [6.07, 6.45) is 3.48. The van der Waals surface area contributed by atoms with Gasteiger partial charge in [-0.25, -0.2) is 9.78 Å². The average Bonchev–Trinajstić information content (AvgIpc) is 3.31. The molecule has 2 N–H and O–H groups in total. The Hall–Kier alpha value is -4.17. The summed E-state index contributed by atoms with van der Waals surface area (Å²) in [4.78, 5) is 31.8. The molecule has 34 heavy (non-hydrogen) atoms. The van der Waals surface area contributed by atoms with Crippen molar-refractivity contribution in [3.05, 3.63) is 90.3 Å². The number of rotatable bonds is 5. The topological polar surface area (TPSA) is 88.5 Å². The van der Waals surface area contributed by atoms with E-state index in [1.54, 1.807) is 35.4 Å². The van der Waals surface area contributed by atoms with Crippen LogP contribution in [-0.2, 0) is 11.3 Å². The second kappa shape index (κ2) is 9.76. The van der Waals surface area contributed by atoms with Crippen molar-refractivity contribution in [2.45, 2.75) is 6.54 Å². The van der Waals surface area contributed by atoms with Gasteiger partial charge in [0.05, 0.1) is 31.0 Å². The number of anilines is 2. The van der Waals surface area contributed by atoms with Gasteiger partial charge in [-0.05, 0) is 28.5 Å². The Bertz CT molecular complexity index is 1320. The highest BCUT2D eigenvalue weighted by molar-refractivity contribution is 6.06. The standard InChI is InChI=1S/C26H25N5O3/c32-24(30-14-16-34-17-15-30)22-10-3-4-11-23(22)28-26(33)29-25-27-12-13-31(25)18-20-8-5-7-19-6-1-2-9-21(19)20/h1-13H,14-18H2,(H2,27,28,29,33). The number of morpholine rings is 1. The van der Waals surface area contributed by atoms with Crippen LogP contribution in [0.1, 0.15) is 15.9 Å². The molecule has 0 radical (unpaired) electrons. The van der Waals surface area contributed by atoms with Crippen molar-refractivity contribution in [1.82, 2.24) is 14.5 Å². The first-order chi connectivity index (χ1) is 16.7.